The number of fused-ring (bicyclic) bond motifs is 2. The summed E-state index contributed by atoms with van der Waals surface area (Å²) in [6.07, 6.45) is 8.91. The summed E-state index contributed by atoms with van der Waals surface area (Å²) in [5.74, 6) is 1.31. The molecule has 4 atom stereocenters. The lowest BCUT2D eigenvalue weighted by Crippen LogP contribution is -2.38. The Kier molecular flexibility index (Phi) is 2.72. The molecule has 2 bridgehead atoms. The van der Waals surface area contributed by atoms with Crippen LogP contribution < -0.4 is 5.32 Å². The molecule has 1 saturated carbocycles. The SMILES string of the molecule is O=C(OC1CCCNC1)C1CC2C=CC1C2. The van der Waals surface area contributed by atoms with Crippen LogP contribution in [0, 0.1) is 17.8 Å². The normalized spacial score (nSPS) is 41.2. The molecule has 2 fully saturated rings. The molecule has 1 saturated heterocycles. The first-order valence-corrected chi connectivity index (χ1v) is 6.42. The lowest BCUT2D eigenvalue weighted by molar-refractivity contribution is -0.155. The Morgan fingerprint density at radius 2 is 2.25 bits per heavy atom. The molecule has 2 aliphatic carbocycles. The number of rotatable bonds is 2. The Balaban J connectivity index is 1.55. The standard InChI is InChI=1S/C13H19NO2/c15-13(16-11-2-1-5-14-8-11)12-7-9-3-4-10(12)6-9/h3-4,9-12,14H,1-2,5-8H2. The van der Waals surface area contributed by atoms with Crippen LogP contribution in [-0.4, -0.2) is 25.2 Å². The molecule has 88 valence electrons. The van der Waals surface area contributed by atoms with E-state index in [1.165, 1.54) is 6.42 Å². The summed E-state index contributed by atoms with van der Waals surface area (Å²) >= 11 is 0. The predicted molar refractivity (Wildman–Crippen MR) is 60.8 cm³/mol. The van der Waals surface area contributed by atoms with Crippen LogP contribution in [0.5, 0.6) is 0 Å². The van der Waals surface area contributed by atoms with E-state index in [0.29, 0.717) is 11.8 Å². The highest BCUT2D eigenvalue weighted by atomic mass is 16.5. The third kappa shape index (κ3) is 1.88. The van der Waals surface area contributed by atoms with Gasteiger partial charge in [-0.3, -0.25) is 4.79 Å². The molecular formula is C13H19NO2. The third-order valence-electron chi connectivity index (χ3n) is 4.12. The van der Waals surface area contributed by atoms with Crippen molar-refractivity contribution in [1.82, 2.24) is 5.32 Å². The Morgan fingerprint density at radius 3 is 2.88 bits per heavy atom. The predicted octanol–water partition coefficient (Wildman–Crippen LogP) is 1.49. The van der Waals surface area contributed by atoms with Crippen LogP contribution in [0.2, 0.25) is 0 Å². The van der Waals surface area contributed by atoms with E-state index in [9.17, 15) is 4.79 Å². The number of esters is 1. The molecule has 0 aromatic heterocycles. The van der Waals surface area contributed by atoms with Crippen molar-refractivity contribution in [2.45, 2.75) is 31.8 Å². The zero-order chi connectivity index (χ0) is 11.0. The van der Waals surface area contributed by atoms with Crippen LogP contribution in [0.4, 0.5) is 0 Å². The first kappa shape index (κ1) is 10.3. The minimum Gasteiger partial charge on any atom is -0.461 e. The van der Waals surface area contributed by atoms with Gasteiger partial charge in [-0.15, -0.1) is 0 Å². The van der Waals surface area contributed by atoms with Gasteiger partial charge in [0.25, 0.3) is 0 Å². The summed E-state index contributed by atoms with van der Waals surface area (Å²) in [5, 5.41) is 3.27. The van der Waals surface area contributed by atoms with E-state index in [1.807, 2.05) is 0 Å². The minimum atomic E-state index is 0.0468. The zero-order valence-corrected chi connectivity index (χ0v) is 9.52. The summed E-state index contributed by atoms with van der Waals surface area (Å²) in [6, 6.07) is 0. The second-order valence-corrected chi connectivity index (χ2v) is 5.29. The van der Waals surface area contributed by atoms with Gasteiger partial charge in [0.05, 0.1) is 5.92 Å². The van der Waals surface area contributed by atoms with E-state index in [2.05, 4.69) is 17.5 Å². The highest BCUT2D eigenvalue weighted by Crippen LogP contribution is 2.44. The monoisotopic (exact) mass is 221 g/mol. The number of hydrogen-bond acceptors (Lipinski definition) is 3. The zero-order valence-electron chi connectivity index (χ0n) is 9.52. The van der Waals surface area contributed by atoms with Crippen molar-refractivity contribution in [2.24, 2.45) is 17.8 Å². The highest BCUT2D eigenvalue weighted by molar-refractivity contribution is 5.74. The molecule has 0 amide bonds. The van der Waals surface area contributed by atoms with Gasteiger partial charge in [-0.1, -0.05) is 12.2 Å². The second kappa shape index (κ2) is 4.21. The summed E-state index contributed by atoms with van der Waals surface area (Å²) in [5.41, 5.74) is 0. The molecule has 0 aromatic rings. The van der Waals surface area contributed by atoms with Crippen LogP contribution in [-0.2, 0) is 9.53 Å². The molecule has 16 heavy (non-hydrogen) atoms. The van der Waals surface area contributed by atoms with Crippen LogP contribution in [0.3, 0.4) is 0 Å². The molecule has 1 N–H and O–H groups in total. The lowest BCUT2D eigenvalue weighted by Gasteiger charge is -2.25. The fraction of sp³-hybridized carbons (Fsp3) is 0.769. The van der Waals surface area contributed by atoms with E-state index in [0.717, 1.165) is 32.4 Å². The topological polar surface area (TPSA) is 38.3 Å². The van der Waals surface area contributed by atoms with E-state index < -0.39 is 0 Å². The smallest absolute Gasteiger partial charge is 0.309 e. The number of allylic oxidation sites excluding steroid dienone is 2. The van der Waals surface area contributed by atoms with Crippen molar-refractivity contribution in [2.75, 3.05) is 13.1 Å². The molecule has 0 aromatic carbocycles. The number of carbonyl (C=O) groups excluding carboxylic acids is 1. The average Bonchev–Trinajstić information content (AvgIpc) is 2.92. The van der Waals surface area contributed by atoms with Crippen molar-refractivity contribution < 1.29 is 9.53 Å². The summed E-state index contributed by atoms with van der Waals surface area (Å²) in [6.45, 7) is 1.90. The Bertz CT molecular complexity index is 307. The van der Waals surface area contributed by atoms with Gasteiger partial charge in [0.2, 0.25) is 0 Å². The van der Waals surface area contributed by atoms with E-state index >= 15 is 0 Å². The fourth-order valence-electron chi connectivity index (χ4n) is 3.22. The first-order chi connectivity index (χ1) is 7.83. The molecule has 4 unspecified atom stereocenters. The van der Waals surface area contributed by atoms with E-state index in [1.54, 1.807) is 0 Å². The molecular weight excluding hydrogens is 202 g/mol. The van der Waals surface area contributed by atoms with Crippen LogP contribution in [0.1, 0.15) is 25.7 Å². The van der Waals surface area contributed by atoms with Gasteiger partial charge in [-0.05, 0) is 44.1 Å². The third-order valence-corrected chi connectivity index (χ3v) is 4.12. The number of piperidine rings is 1. The summed E-state index contributed by atoms with van der Waals surface area (Å²) < 4.78 is 5.59. The second-order valence-electron chi connectivity index (χ2n) is 5.29. The fourth-order valence-corrected chi connectivity index (χ4v) is 3.22. The number of ether oxygens (including phenoxy) is 1. The van der Waals surface area contributed by atoms with Crippen molar-refractivity contribution >= 4 is 5.97 Å². The van der Waals surface area contributed by atoms with E-state index in [-0.39, 0.29) is 18.0 Å². The van der Waals surface area contributed by atoms with Crippen molar-refractivity contribution in [3.63, 3.8) is 0 Å². The molecule has 0 radical (unpaired) electrons. The Labute approximate surface area is 96.2 Å². The first-order valence-electron chi connectivity index (χ1n) is 6.42. The number of nitrogens with one attached hydrogen (secondary N) is 1. The van der Waals surface area contributed by atoms with Gasteiger partial charge in [0.1, 0.15) is 6.10 Å². The van der Waals surface area contributed by atoms with Gasteiger partial charge in [-0.25, -0.2) is 0 Å². The Hall–Kier alpha value is -0.830. The van der Waals surface area contributed by atoms with Crippen molar-refractivity contribution in [3.8, 4) is 0 Å². The van der Waals surface area contributed by atoms with Gasteiger partial charge in [0.15, 0.2) is 0 Å². The van der Waals surface area contributed by atoms with Crippen LogP contribution in [0.15, 0.2) is 12.2 Å². The maximum Gasteiger partial charge on any atom is 0.309 e. The Morgan fingerprint density at radius 1 is 1.31 bits per heavy atom. The number of carbonyl (C=O) groups is 1. The van der Waals surface area contributed by atoms with Crippen molar-refractivity contribution in [1.29, 1.82) is 0 Å². The highest BCUT2D eigenvalue weighted by Gasteiger charge is 2.41. The minimum absolute atomic E-state index is 0.0468. The van der Waals surface area contributed by atoms with Gasteiger partial charge in [0, 0.05) is 6.54 Å². The van der Waals surface area contributed by atoms with Crippen molar-refractivity contribution in [3.05, 3.63) is 12.2 Å². The molecule has 0 spiro atoms. The molecule has 1 heterocycles. The molecule has 3 nitrogen and oxygen atoms in total. The van der Waals surface area contributed by atoms with Gasteiger partial charge in [-0.2, -0.15) is 0 Å². The van der Waals surface area contributed by atoms with Gasteiger partial charge >= 0.3 is 5.97 Å². The molecule has 3 aliphatic rings. The van der Waals surface area contributed by atoms with Crippen LogP contribution >= 0.6 is 0 Å². The number of hydrogen-bond donors (Lipinski definition) is 1. The average molecular weight is 221 g/mol. The quantitative estimate of drug-likeness (QED) is 0.567. The van der Waals surface area contributed by atoms with Crippen LogP contribution in [0.25, 0.3) is 0 Å². The maximum absolute atomic E-state index is 12.0. The molecule has 3 rings (SSSR count). The van der Waals surface area contributed by atoms with E-state index in [4.69, 9.17) is 4.74 Å². The van der Waals surface area contributed by atoms with Gasteiger partial charge < -0.3 is 10.1 Å². The largest absolute Gasteiger partial charge is 0.461 e. The maximum atomic E-state index is 12.0. The summed E-state index contributed by atoms with van der Waals surface area (Å²) in [4.78, 5) is 12.0. The molecule has 3 heteroatoms. The molecule has 1 aliphatic heterocycles. The lowest BCUT2D eigenvalue weighted by atomic mass is 9.94. The summed E-state index contributed by atoms with van der Waals surface area (Å²) in [7, 11) is 0.